The fourth-order valence-electron chi connectivity index (χ4n) is 2.07. The van der Waals surface area contributed by atoms with Crippen molar-refractivity contribution in [1.82, 2.24) is 5.43 Å². The Morgan fingerprint density at radius 3 is 2.40 bits per heavy atom. The summed E-state index contributed by atoms with van der Waals surface area (Å²) >= 11 is 1.39. The second-order valence-electron chi connectivity index (χ2n) is 4.26. The summed E-state index contributed by atoms with van der Waals surface area (Å²) in [7, 11) is 0. The summed E-state index contributed by atoms with van der Waals surface area (Å²) in [6.45, 7) is 1.77. The van der Waals surface area contributed by atoms with Crippen molar-refractivity contribution in [2.24, 2.45) is 5.84 Å². The molecule has 0 saturated carbocycles. The van der Waals surface area contributed by atoms with Crippen molar-refractivity contribution < 1.29 is 17.6 Å². The number of hydrogen-bond acceptors (Lipinski definition) is 3. The van der Waals surface area contributed by atoms with Gasteiger partial charge < -0.3 is 0 Å². The molecule has 0 bridgehead atoms. The predicted molar refractivity (Wildman–Crippen MR) is 69.6 cm³/mol. The van der Waals surface area contributed by atoms with E-state index in [-0.39, 0.29) is 5.56 Å². The topological polar surface area (TPSA) is 38.0 Å². The summed E-state index contributed by atoms with van der Waals surface area (Å²) in [5.74, 6) is 4.66. The quantitative estimate of drug-likeness (QED) is 0.515. The Bertz CT molecular complexity index is 607. The molecule has 2 aromatic rings. The third-order valence-electron chi connectivity index (χ3n) is 3.01. The van der Waals surface area contributed by atoms with Gasteiger partial charge in [0.05, 0.1) is 11.6 Å². The Kier molecular flexibility index (Phi) is 4.12. The van der Waals surface area contributed by atoms with Crippen LogP contribution in [0.25, 0.3) is 0 Å². The normalized spacial score (nSPS) is 13.5. The molecule has 108 valence electrons. The highest BCUT2D eigenvalue weighted by Crippen LogP contribution is 2.38. The summed E-state index contributed by atoms with van der Waals surface area (Å²) < 4.78 is 52.4. The highest BCUT2D eigenvalue weighted by molar-refractivity contribution is 7.10. The molecule has 2 rings (SSSR count). The molecule has 0 amide bonds. The van der Waals surface area contributed by atoms with Crippen LogP contribution in [0.5, 0.6) is 0 Å². The Morgan fingerprint density at radius 1 is 1.20 bits per heavy atom. The summed E-state index contributed by atoms with van der Waals surface area (Å²) in [5, 5.41) is 1.75. The fourth-order valence-corrected chi connectivity index (χ4v) is 2.81. The average Bonchev–Trinajstić information content (AvgIpc) is 2.75. The minimum absolute atomic E-state index is 0.221. The van der Waals surface area contributed by atoms with Gasteiger partial charge in [0.25, 0.3) is 0 Å². The molecular formula is C13H12F4N2S. The number of benzene rings is 1. The average molecular weight is 304 g/mol. The molecule has 0 aliphatic heterocycles. The second-order valence-corrected chi connectivity index (χ2v) is 5.38. The van der Waals surface area contributed by atoms with Crippen LogP contribution in [0, 0.1) is 12.7 Å². The molecule has 0 aliphatic carbocycles. The van der Waals surface area contributed by atoms with Gasteiger partial charge in [-0.2, -0.15) is 13.2 Å². The third kappa shape index (κ3) is 2.84. The van der Waals surface area contributed by atoms with Crippen LogP contribution in [0.3, 0.4) is 0 Å². The Balaban J connectivity index is 2.60. The standard InChI is InChI=1S/C13H12F4N2S/c1-7-9(4-5-20-7)12(19-18)10-6-8(14)2-3-11(10)13(15,16)17/h2-6,12,19H,18H2,1H3. The number of aryl methyl sites for hydroxylation is 1. The van der Waals surface area contributed by atoms with Gasteiger partial charge in [0, 0.05) is 4.88 Å². The zero-order chi connectivity index (χ0) is 14.9. The minimum atomic E-state index is -4.57. The van der Waals surface area contributed by atoms with E-state index < -0.39 is 23.6 Å². The monoisotopic (exact) mass is 304 g/mol. The third-order valence-corrected chi connectivity index (χ3v) is 3.87. The molecule has 0 aliphatic rings. The number of thiophene rings is 1. The van der Waals surface area contributed by atoms with Crippen molar-refractivity contribution in [1.29, 1.82) is 0 Å². The van der Waals surface area contributed by atoms with Crippen LogP contribution in [0.1, 0.15) is 27.6 Å². The Morgan fingerprint density at radius 2 is 1.90 bits per heavy atom. The summed E-state index contributed by atoms with van der Waals surface area (Å²) in [6, 6.07) is 3.16. The van der Waals surface area contributed by atoms with Crippen LogP contribution in [-0.2, 0) is 6.18 Å². The van der Waals surface area contributed by atoms with E-state index in [1.807, 2.05) is 0 Å². The molecule has 20 heavy (non-hydrogen) atoms. The number of rotatable bonds is 3. The van der Waals surface area contributed by atoms with Crippen molar-refractivity contribution in [3.63, 3.8) is 0 Å². The van der Waals surface area contributed by atoms with Crippen molar-refractivity contribution in [3.05, 3.63) is 57.0 Å². The molecular weight excluding hydrogens is 292 g/mol. The predicted octanol–water partition coefficient (Wildman–Crippen LogP) is 3.77. The number of hydrogen-bond donors (Lipinski definition) is 2. The lowest BCUT2D eigenvalue weighted by molar-refractivity contribution is -0.138. The van der Waals surface area contributed by atoms with Gasteiger partial charge in [-0.1, -0.05) is 0 Å². The van der Waals surface area contributed by atoms with E-state index in [0.29, 0.717) is 5.56 Å². The zero-order valence-corrected chi connectivity index (χ0v) is 11.3. The lowest BCUT2D eigenvalue weighted by Gasteiger charge is -2.21. The van der Waals surface area contributed by atoms with E-state index in [1.54, 1.807) is 18.4 Å². The number of nitrogens with two attached hydrogens (primary N) is 1. The van der Waals surface area contributed by atoms with Gasteiger partial charge in [-0.15, -0.1) is 11.3 Å². The Labute approximate surface area is 117 Å². The van der Waals surface area contributed by atoms with Gasteiger partial charge in [-0.3, -0.25) is 5.84 Å². The van der Waals surface area contributed by atoms with E-state index in [2.05, 4.69) is 5.43 Å². The van der Waals surface area contributed by atoms with Gasteiger partial charge in [0.15, 0.2) is 0 Å². The molecule has 3 N–H and O–H groups in total. The van der Waals surface area contributed by atoms with Gasteiger partial charge in [-0.25, -0.2) is 9.82 Å². The van der Waals surface area contributed by atoms with Crippen LogP contribution >= 0.6 is 11.3 Å². The Hall–Kier alpha value is -1.44. The van der Waals surface area contributed by atoms with Crippen LogP contribution in [0.4, 0.5) is 17.6 Å². The van der Waals surface area contributed by atoms with E-state index in [1.165, 1.54) is 11.3 Å². The second kappa shape index (κ2) is 5.51. The minimum Gasteiger partial charge on any atom is -0.271 e. The van der Waals surface area contributed by atoms with E-state index in [0.717, 1.165) is 23.1 Å². The first-order chi connectivity index (χ1) is 9.34. The molecule has 1 atom stereocenters. The van der Waals surface area contributed by atoms with E-state index in [4.69, 9.17) is 5.84 Å². The van der Waals surface area contributed by atoms with Crippen molar-refractivity contribution in [2.75, 3.05) is 0 Å². The number of hydrazine groups is 1. The van der Waals surface area contributed by atoms with Crippen LogP contribution in [0.15, 0.2) is 29.6 Å². The van der Waals surface area contributed by atoms with Gasteiger partial charge >= 0.3 is 6.18 Å². The molecule has 0 saturated heterocycles. The largest absolute Gasteiger partial charge is 0.416 e. The number of halogens is 4. The van der Waals surface area contributed by atoms with E-state index >= 15 is 0 Å². The zero-order valence-electron chi connectivity index (χ0n) is 10.5. The highest BCUT2D eigenvalue weighted by atomic mass is 32.1. The lowest BCUT2D eigenvalue weighted by Crippen LogP contribution is -2.31. The van der Waals surface area contributed by atoms with Gasteiger partial charge in [-0.05, 0) is 47.7 Å². The molecule has 0 spiro atoms. The maximum Gasteiger partial charge on any atom is 0.416 e. The van der Waals surface area contributed by atoms with Crippen LogP contribution < -0.4 is 11.3 Å². The first-order valence-electron chi connectivity index (χ1n) is 5.71. The van der Waals surface area contributed by atoms with Crippen LogP contribution in [0.2, 0.25) is 0 Å². The van der Waals surface area contributed by atoms with Crippen LogP contribution in [-0.4, -0.2) is 0 Å². The number of alkyl halides is 3. The molecule has 1 unspecified atom stereocenters. The molecule has 1 aromatic heterocycles. The molecule has 1 heterocycles. The highest BCUT2D eigenvalue weighted by Gasteiger charge is 2.36. The molecule has 2 nitrogen and oxygen atoms in total. The van der Waals surface area contributed by atoms with Crippen molar-refractivity contribution >= 4 is 11.3 Å². The smallest absolute Gasteiger partial charge is 0.271 e. The summed E-state index contributed by atoms with van der Waals surface area (Å²) in [4.78, 5) is 0.824. The summed E-state index contributed by atoms with van der Waals surface area (Å²) in [6.07, 6.45) is -4.57. The molecule has 1 aromatic carbocycles. The fraction of sp³-hybridized carbons (Fsp3) is 0.231. The molecule has 7 heteroatoms. The van der Waals surface area contributed by atoms with Gasteiger partial charge in [0.1, 0.15) is 5.82 Å². The van der Waals surface area contributed by atoms with Gasteiger partial charge in [0.2, 0.25) is 0 Å². The molecule has 0 radical (unpaired) electrons. The molecule has 0 fully saturated rings. The van der Waals surface area contributed by atoms with Crippen molar-refractivity contribution in [2.45, 2.75) is 19.1 Å². The first kappa shape index (κ1) is 15.0. The maximum atomic E-state index is 13.3. The van der Waals surface area contributed by atoms with E-state index in [9.17, 15) is 17.6 Å². The SMILES string of the molecule is Cc1sccc1C(NN)c1cc(F)ccc1C(F)(F)F. The van der Waals surface area contributed by atoms with Crippen molar-refractivity contribution in [3.8, 4) is 0 Å². The summed E-state index contributed by atoms with van der Waals surface area (Å²) in [5.41, 5.74) is 1.83. The maximum absolute atomic E-state index is 13.3. The number of nitrogens with one attached hydrogen (secondary N) is 1. The first-order valence-corrected chi connectivity index (χ1v) is 6.59. The lowest BCUT2D eigenvalue weighted by atomic mass is 9.95.